The van der Waals surface area contributed by atoms with Crippen LogP contribution in [0.2, 0.25) is 0 Å². The zero-order valence-electron chi connectivity index (χ0n) is 11.9. The quantitative estimate of drug-likeness (QED) is 0.839. The molecule has 2 aliphatic rings. The van der Waals surface area contributed by atoms with Gasteiger partial charge in [0.25, 0.3) is 5.91 Å². The zero-order chi connectivity index (χ0) is 14.2. The second kappa shape index (κ2) is 4.98. The van der Waals surface area contributed by atoms with Crippen molar-refractivity contribution in [3.8, 4) is 11.5 Å². The van der Waals surface area contributed by atoms with Crippen LogP contribution in [-0.4, -0.2) is 50.2 Å². The summed E-state index contributed by atoms with van der Waals surface area (Å²) in [4.78, 5) is 14.4. The standard InChI is InChI=1S/C15H20N2O3/c1-17-7-5-15(6-8-17)10-16-14(18)12-4-3-11(19-2)9-13(12)20-15/h3-4,9H,5-8,10H2,1-2H3,(H,16,18). The lowest BCUT2D eigenvalue weighted by Crippen LogP contribution is -2.52. The van der Waals surface area contributed by atoms with Gasteiger partial charge in [-0.3, -0.25) is 4.79 Å². The maximum Gasteiger partial charge on any atom is 0.255 e. The number of rotatable bonds is 1. The zero-order valence-corrected chi connectivity index (χ0v) is 11.9. The van der Waals surface area contributed by atoms with E-state index in [1.54, 1.807) is 25.3 Å². The Morgan fingerprint density at radius 2 is 2.10 bits per heavy atom. The van der Waals surface area contributed by atoms with E-state index >= 15 is 0 Å². The Hall–Kier alpha value is -1.75. The molecule has 1 fully saturated rings. The summed E-state index contributed by atoms with van der Waals surface area (Å²) in [5.74, 6) is 1.27. The number of hydrogen-bond acceptors (Lipinski definition) is 4. The van der Waals surface area contributed by atoms with E-state index < -0.39 is 0 Å². The van der Waals surface area contributed by atoms with Gasteiger partial charge in [-0.15, -0.1) is 0 Å². The van der Waals surface area contributed by atoms with Crippen LogP contribution in [0.4, 0.5) is 0 Å². The molecule has 0 bridgehead atoms. The molecule has 20 heavy (non-hydrogen) atoms. The number of likely N-dealkylation sites (tertiary alicyclic amines) is 1. The molecule has 0 aromatic heterocycles. The molecule has 1 spiro atoms. The number of benzene rings is 1. The monoisotopic (exact) mass is 276 g/mol. The number of methoxy groups -OCH3 is 1. The number of carbonyl (C=O) groups is 1. The third-order valence-electron chi connectivity index (χ3n) is 4.23. The number of hydrogen-bond donors (Lipinski definition) is 1. The van der Waals surface area contributed by atoms with Crippen molar-refractivity contribution in [3.63, 3.8) is 0 Å². The maximum atomic E-state index is 12.2. The smallest absolute Gasteiger partial charge is 0.255 e. The predicted molar refractivity (Wildman–Crippen MR) is 75.4 cm³/mol. The van der Waals surface area contributed by atoms with Crippen LogP contribution >= 0.6 is 0 Å². The second-order valence-corrected chi connectivity index (χ2v) is 5.63. The van der Waals surface area contributed by atoms with Crippen LogP contribution < -0.4 is 14.8 Å². The first-order chi connectivity index (χ1) is 9.62. The number of piperidine rings is 1. The van der Waals surface area contributed by atoms with Gasteiger partial charge in [0.2, 0.25) is 0 Å². The molecule has 1 saturated heterocycles. The summed E-state index contributed by atoms with van der Waals surface area (Å²) in [7, 11) is 3.73. The highest BCUT2D eigenvalue weighted by Crippen LogP contribution is 2.34. The molecule has 0 saturated carbocycles. The van der Waals surface area contributed by atoms with Gasteiger partial charge in [-0.25, -0.2) is 0 Å². The SMILES string of the molecule is COc1ccc2c(c1)OC1(CCN(C)CC1)CNC2=O. The first-order valence-electron chi connectivity index (χ1n) is 6.96. The molecule has 1 aromatic carbocycles. The van der Waals surface area contributed by atoms with Crippen molar-refractivity contribution < 1.29 is 14.3 Å². The number of nitrogens with zero attached hydrogens (tertiary/aromatic N) is 1. The van der Waals surface area contributed by atoms with Gasteiger partial charge in [0, 0.05) is 32.0 Å². The summed E-state index contributed by atoms with van der Waals surface area (Å²) in [6.07, 6.45) is 1.83. The molecule has 3 rings (SSSR count). The molecule has 0 unspecified atom stereocenters. The van der Waals surface area contributed by atoms with E-state index in [1.807, 2.05) is 0 Å². The molecule has 0 radical (unpaired) electrons. The van der Waals surface area contributed by atoms with Crippen molar-refractivity contribution in [1.29, 1.82) is 0 Å². The number of fused-ring (bicyclic) bond motifs is 1. The average Bonchev–Trinajstić information content (AvgIpc) is 2.60. The van der Waals surface area contributed by atoms with Crippen molar-refractivity contribution in [3.05, 3.63) is 23.8 Å². The Kier molecular flexibility index (Phi) is 3.30. The molecular weight excluding hydrogens is 256 g/mol. The molecule has 0 atom stereocenters. The highest BCUT2D eigenvalue weighted by molar-refractivity contribution is 5.97. The van der Waals surface area contributed by atoms with Gasteiger partial charge >= 0.3 is 0 Å². The average molecular weight is 276 g/mol. The van der Waals surface area contributed by atoms with Gasteiger partial charge in [0.1, 0.15) is 17.1 Å². The third-order valence-corrected chi connectivity index (χ3v) is 4.23. The molecule has 2 aliphatic heterocycles. The first-order valence-corrected chi connectivity index (χ1v) is 6.96. The Bertz CT molecular complexity index is 522. The minimum atomic E-state index is -0.292. The van der Waals surface area contributed by atoms with E-state index in [9.17, 15) is 4.79 Å². The van der Waals surface area contributed by atoms with Gasteiger partial charge < -0.3 is 19.7 Å². The molecule has 5 nitrogen and oxygen atoms in total. The van der Waals surface area contributed by atoms with Crippen LogP contribution in [0.25, 0.3) is 0 Å². The minimum absolute atomic E-state index is 0.0709. The predicted octanol–water partition coefficient (Wildman–Crippen LogP) is 1.28. The maximum absolute atomic E-state index is 12.2. The fraction of sp³-hybridized carbons (Fsp3) is 0.533. The number of amides is 1. The Labute approximate surface area is 118 Å². The van der Waals surface area contributed by atoms with Gasteiger partial charge in [0.05, 0.1) is 19.2 Å². The highest BCUT2D eigenvalue weighted by Gasteiger charge is 2.39. The summed E-state index contributed by atoms with van der Waals surface area (Å²) in [6.45, 7) is 2.53. The van der Waals surface area contributed by atoms with Crippen molar-refractivity contribution in [1.82, 2.24) is 10.2 Å². The van der Waals surface area contributed by atoms with Crippen LogP contribution in [0.5, 0.6) is 11.5 Å². The van der Waals surface area contributed by atoms with Crippen LogP contribution in [-0.2, 0) is 0 Å². The fourth-order valence-electron chi connectivity index (χ4n) is 2.81. The van der Waals surface area contributed by atoms with E-state index in [1.165, 1.54) is 0 Å². The fourth-order valence-corrected chi connectivity index (χ4v) is 2.81. The minimum Gasteiger partial charge on any atom is -0.497 e. The Morgan fingerprint density at radius 3 is 2.80 bits per heavy atom. The topological polar surface area (TPSA) is 50.8 Å². The summed E-state index contributed by atoms with van der Waals surface area (Å²) in [5.41, 5.74) is 0.293. The van der Waals surface area contributed by atoms with Crippen molar-refractivity contribution >= 4 is 5.91 Å². The van der Waals surface area contributed by atoms with E-state index in [2.05, 4.69) is 17.3 Å². The van der Waals surface area contributed by atoms with Crippen molar-refractivity contribution in [2.75, 3.05) is 33.8 Å². The van der Waals surface area contributed by atoms with Crippen LogP contribution in [0.15, 0.2) is 18.2 Å². The van der Waals surface area contributed by atoms with E-state index in [0.29, 0.717) is 23.6 Å². The van der Waals surface area contributed by atoms with Crippen LogP contribution in [0.1, 0.15) is 23.2 Å². The van der Waals surface area contributed by atoms with E-state index in [0.717, 1.165) is 25.9 Å². The Morgan fingerprint density at radius 1 is 1.35 bits per heavy atom. The van der Waals surface area contributed by atoms with Crippen LogP contribution in [0, 0.1) is 0 Å². The largest absolute Gasteiger partial charge is 0.497 e. The van der Waals surface area contributed by atoms with Gasteiger partial charge in [-0.05, 0) is 19.2 Å². The van der Waals surface area contributed by atoms with Crippen molar-refractivity contribution in [2.45, 2.75) is 18.4 Å². The molecule has 108 valence electrons. The van der Waals surface area contributed by atoms with Crippen LogP contribution in [0.3, 0.4) is 0 Å². The Balaban J connectivity index is 1.94. The number of ether oxygens (including phenoxy) is 2. The second-order valence-electron chi connectivity index (χ2n) is 5.63. The molecule has 2 heterocycles. The van der Waals surface area contributed by atoms with E-state index in [-0.39, 0.29) is 11.5 Å². The lowest BCUT2D eigenvalue weighted by molar-refractivity contribution is 0.0126. The normalized spacial score (nSPS) is 21.6. The van der Waals surface area contributed by atoms with E-state index in [4.69, 9.17) is 9.47 Å². The first kappa shape index (κ1) is 13.2. The summed E-state index contributed by atoms with van der Waals surface area (Å²) < 4.78 is 11.5. The lowest BCUT2D eigenvalue weighted by atomic mass is 9.91. The van der Waals surface area contributed by atoms with Gasteiger partial charge in [0.15, 0.2) is 0 Å². The molecule has 1 N–H and O–H groups in total. The van der Waals surface area contributed by atoms with Gasteiger partial charge in [-0.2, -0.15) is 0 Å². The number of carbonyl (C=O) groups excluding carboxylic acids is 1. The van der Waals surface area contributed by atoms with Gasteiger partial charge in [-0.1, -0.05) is 0 Å². The lowest BCUT2D eigenvalue weighted by Gasteiger charge is -2.39. The molecular formula is C15H20N2O3. The third kappa shape index (κ3) is 2.33. The number of nitrogens with one attached hydrogen (secondary N) is 1. The summed E-state index contributed by atoms with van der Waals surface area (Å²) >= 11 is 0. The summed E-state index contributed by atoms with van der Waals surface area (Å²) in [5, 5.41) is 2.99. The highest BCUT2D eigenvalue weighted by atomic mass is 16.5. The molecule has 5 heteroatoms. The summed E-state index contributed by atoms with van der Waals surface area (Å²) in [6, 6.07) is 5.35. The molecule has 1 amide bonds. The molecule has 0 aliphatic carbocycles. The molecule has 1 aromatic rings. The van der Waals surface area contributed by atoms with Crippen molar-refractivity contribution in [2.24, 2.45) is 0 Å².